The first-order chi connectivity index (χ1) is 22.5. The lowest BCUT2D eigenvalue weighted by atomic mass is 9.73. The molecule has 1 aliphatic carbocycles. The number of likely N-dealkylation sites (tertiary alicyclic amines) is 1. The Kier molecular flexibility index (Phi) is 10.6. The van der Waals surface area contributed by atoms with Gasteiger partial charge in [0, 0.05) is 36.9 Å². The molecule has 1 N–H and O–H groups in total. The molecule has 1 saturated carbocycles. The van der Waals surface area contributed by atoms with E-state index < -0.39 is 17.7 Å². The van der Waals surface area contributed by atoms with Gasteiger partial charge in [0.1, 0.15) is 17.4 Å². The Balaban J connectivity index is 1.33. The van der Waals surface area contributed by atoms with Gasteiger partial charge in [0.2, 0.25) is 11.8 Å². The topological polar surface area (TPSA) is 119 Å². The van der Waals surface area contributed by atoms with E-state index in [-0.39, 0.29) is 29.7 Å². The SMILES string of the molecule is COc1ccc(C[C@@H](NC(=O)OC(C)(C)C)C(=O)N2CCC(N3N=C(c4ccc(OC)c(OC)c4)[C@H]4CCCC[C@H]4C3=O)CC2)cc1. The van der Waals surface area contributed by atoms with Crippen molar-refractivity contribution in [3.63, 3.8) is 0 Å². The molecule has 1 saturated heterocycles. The second kappa shape index (κ2) is 14.6. The van der Waals surface area contributed by atoms with Crippen molar-refractivity contribution in [2.75, 3.05) is 34.4 Å². The van der Waals surface area contributed by atoms with Crippen LogP contribution in [-0.4, -0.2) is 85.6 Å². The fourth-order valence-electron chi connectivity index (χ4n) is 6.89. The van der Waals surface area contributed by atoms with Crippen LogP contribution in [0.5, 0.6) is 17.2 Å². The molecule has 2 aromatic carbocycles. The highest BCUT2D eigenvalue weighted by Crippen LogP contribution is 2.40. The number of amides is 3. The van der Waals surface area contributed by atoms with E-state index in [1.165, 1.54) is 0 Å². The minimum atomic E-state index is -0.816. The van der Waals surface area contributed by atoms with Gasteiger partial charge in [0.25, 0.3) is 0 Å². The lowest BCUT2D eigenvalue weighted by molar-refractivity contribution is -0.143. The smallest absolute Gasteiger partial charge is 0.408 e. The highest BCUT2D eigenvalue weighted by Gasteiger charge is 2.44. The van der Waals surface area contributed by atoms with Crippen molar-refractivity contribution in [1.29, 1.82) is 0 Å². The molecule has 2 aromatic rings. The van der Waals surface area contributed by atoms with Crippen LogP contribution in [0, 0.1) is 11.8 Å². The Hall–Kier alpha value is -4.28. The number of piperidine rings is 1. The van der Waals surface area contributed by atoms with Crippen LogP contribution in [0.25, 0.3) is 0 Å². The first-order valence-corrected chi connectivity index (χ1v) is 16.6. The monoisotopic (exact) mass is 648 g/mol. The van der Waals surface area contributed by atoms with Crippen molar-refractivity contribution in [3.05, 3.63) is 53.6 Å². The van der Waals surface area contributed by atoms with Crippen LogP contribution in [0.1, 0.15) is 70.4 Å². The number of hydrazone groups is 1. The van der Waals surface area contributed by atoms with E-state index in [0.717, 1.165) is 42.5 Å². The Labute approximate surface area is 277 Å². The number of methoxy groups -OCH3 is 3. The van der Waals surface area contributed by atoms with Gasteiger partial charge in [-0.15, -0.1) is 0 Å². The summed E-state index contributed by atoms with van der Waals surface area (Å²) >= 11 is 0. The first kappa shape index (κ1) is 34.1. The fraction of sp³-hybridized carbons (Fsp3) is 0.556. The van der Waals surface area contributed by atoms with E-state index in [2.05, 4.69) is 5.32 Å². The summed E-state index contributed by atoms with van der Waals surface area (Å²) in [6.07, 6.45) is 4.67. The van der Waals surface area contributed by atoms with Crippen molar-refractivity contribution >= 4 is 23.6 Å². The maximum absolute atomic E-state index is 13.9. The number of benzene rings is 2. The average Bonchev–Trinajstić information content (AvgIpc) is 3.07. The van der Waals surface area contributed by atoms with Crippen LogP contribution >= 0.6 is 0 Å². The number of nitrogens with zero attached hydrogens (tertiary/aromatic N) is 3. The van der Waals surface area contributed by atoms with E-state index >= 15 is 0 Å². The summed E-state index contributed by atoms with van der Waals surface area (Å²) in [6.45, 7) is 6.24. The van der Waals surface area contributed by atoms with Crippen molar-refractivity contribution in [1.82, 2.24) is 15.2 Å². The highest BCUT2D eigenvalue weighted by molar-refractivity contribution is 6.07. The molecular formula is C36H48N4O7. The Bertz CT molecular complexity index is 1460. The van der Waals surface area contributed by atoms with E-state index in [1.54, 1.807) is 52.0 Å². The van der Waals surface area contributed by atoms with Crippen LogP contribution in [-0.2, 0) is 20.7 Å². The van der Waals surface area contributed by atoms with Gasteiger partial charge in [-0.05, 0) is 82.3 Å². The van der Waals surface area contributed by atoms with Crippen molar-refractivity contribution in [2.24, 2.45) is 16.9 Å². The Morgan fingerprint density at radius 3 is 2.17 bits per heavy atom. The van der Waals surface area contributed by atoms with E-state index in [1.807, 2.05) is 42.5 Å². The molecule has 5 rings (SSSR count). The zero-order valence-corrected chi connectivity index (χ0v) is 28.4. The second-order valence-electron chi connectivity index (χ2n) is 13.5. The van der Waals surface area contributed by atoms with Crippen molar-refractivity contribution in [3.8, 4) is 17.2 Å². The van der Waals surface area contributed by atoms with Crippen molar-refractivity contribution < 1.29 is 33.3 Å². The molecule has 254 valence electrons. The molecule has 3 atom stereocenters. The molecule has 11 heteroatoms. The Morgan fingerprint density at radius 2 is 1.55 bits per heavy atom. The average molecular weight is 649 g/mol. The molecule has 0 radical (unpaired) electrons. The van der Waals surface area contributed by atoms with Gasteiger partial charge in [0.15, 0.2) is 11.5 Å². The third kappa shape index (κ3) is 8.00. The summed E-state index contributed by atoms with van der Waals surface area (Å²) < 4.78 is 21.8. The van der Waals surface area contributed by atoms with Gasteiger partial charge in [-0.25, -0.2) is 9.80 Å². The van der Waals surface area contributed by atoms with E-state index in [4.69, 9.17) is 24.0 Å². The largest absolute Gasteiger partial charge is 0.497 e. The molecule has 11 nitrogen and oxygen atoms in total. The number of hydrogen-bond donors (Lipinski definition) is 1. The number of nitrogens with one attached hydrogen (secondary N) is 1. The zero-order chi connectivity index (χ0) is 33.7. The van der Waals surface area contributed by atoms with Crippen LogP contribution in [0.15, 0.2) is 47.6 Å². The minimum absolute atomic E-state index is 0.0601. The predicted octanol–water partition coefficient (Wildman–Crippen LogP) is 5.19. The predicted molar refractivity (Wildman–Crippen MR) is 178 cm³/mol. The standard InChI is InChI=1S/C36H48N4O7/c1-36(2,3)47-35(43)37-29(21-23-11-14-26(44-4)15-12-23)34(42)39-19-17-25(18-20-39)40-33(41)28-10-8-7-9-27(28)32(38-40)24-13-16-30(45-5)31(22-24)46-6/h11-16,22,25,27-29H,7-10,17-21H2,1-6H3,(H,37,43)/t27-,28+,29+/m0/s1. The maximum atomic E-state index is 13.9. The number of ether oxygens (including phenoxy) is 4. The summed E-state index contributed by atoms with van der Waals surface area (Å²) in [7, 11) is 4.82. The van der Waals surface area contributed by atoms with E-state index in [0.29, 0.717) is 49.6 Å². The van der Waals surface area contributed by atoms with Gasteiger partial charge in [-0.1, -0.05) is 25.0 Å². The number of alkyl carbamates (subject to hydrolysis) is 1. The summed E-state index contributed by atoms with van der Waals surface area (Å²) in [5.41, 5.74) is 2.02. The Morgan fingerprint density at radius 1 is 0.894 bits per heavy atom. The van der Waals surface area contributed by atoms with Crippen LogP contribution in [0.3, 0.4) is 0 Å². The lowest BCUT2D eigenvalue weighted by Crippen LogP contribution is -2.56. The summed E-state index contributed by atoms with van der Waals surface area (Å²) in [5.74, 6) is 1.82. The molecule has 2 heterocycles. The lowest BCUT2D eigenvalue weighted by Gasteiger charge is -2.43. The van der Waals surface area contributed by atoms with Gasteiger partial charge >= 0.3 is 6.09 Å². The van der Waals surface area contributed by atoms with E-state index in [9.17, 15) is 14.4 Å². The summed E-state index contributed by atoms with van der Waals surface area (Å²) in [6, 6.07) is 12.3. The maximum Gasteiger partial charge on any atom is 0.408 e. The highest BCUT2D eigenvalue weighted by atomic mass is 16.6. The minimum Gasteiger partial charge on any atom is -0.497 e. The molecule has 0 aromatic heterocycles. The molecule has 3 amide bonds. The number of carbonyl (C=O) groups excluding carboxylic acids is 3. The molecule has 0 bridgehead atoms. The van der Waals surface area contributed by atoms with Crippen LogP contribution in [0.2, 0.25) is 0 Å². The molecule has 0 unspecified atom stereocenters. The van der Waals surface area contributed by atoms with Crippen LogP contribution in [0.4, 0.5) is 4.79 Å². The first-order valence-electron chi connectivity index (χ1n) is 16.6. The molecule has 47 heavy (non-hydrogen) atoms. The molecule has 3 aliphatic rings. The fourth-order valence-corrected chi connectivity index (χ4v) is 6.89. The third-order valence-corrected chi connectivity index (χ3v) is 9.26. The van der Waals surface area contributed by atoms with Gasteiger partial charge in [0.05, 0.1) is 33.1 Å². The second-order valence-corrected chi connectivity index (χ2v) is 13.5. The number of fused-ring (bicyclic) bond motifs is 1. The quantitative estimate of drug-likeness (QED) is 0.398. The zero-order valence-electron chi connectivity index (χ0n) is 28.4. The summed E-state index contributed by atoms with van der Waals surface area (Å²) in [5, 5.41) is 9.55. The molecular weight excluding hydrogens is 600 g/mol. The third-order valence-electron chi connectivity index (χ3n) is 9.26. The summed E-state index contributed by atoms with van der Waals surface area (Å²) in [4.78, 5) is 42.4. The van der Waals surface area contributed by atoms with Gasteiger partial charge < -0.3 is 29.2 Å². The number of carbonyl (C=O) groups is 3. The number of hydrogen-bond acceptors (Lipinski definition) is 8. The van der Waals surface area contributed by atoms with Gasteiger partial charge in [-0.2, -0.15) is 5.10 Å². The van der Waals surface area contributed by atoms with Crippen molar-refractivity contribution in [2.45, 2.75) is 83.4 Å². The van der Waals surface area contributed by atoms with Crippen LogP contribution < -0.4 is 19.5 Å². The molecule has 2 fully saturated rings. The number of rotatable bonds is 9. The normalized spacial score (nSPS) is 20.9. The molecule has 0 spiro atoms. The molecule has 2 aliphatic heterocycles. The van der Waals surface area contributed by atoms with Gasteiger partial charge in [-0.3, -0.25) is 9.59 Å².